The van der Waals surface area contributed by atoms with Crippen LogP contribution in [0.3, 0.4) is 0 Å². The minimum atomic E-state index is -4.34. The van der Waals surface area contributed by atoms with Gasteiger partial charge in [-0.15, -0.1) is 12.3 Å². The summed E-state index contributed by atoms with van der Waals surface area (Å²) in [5.74, 6) is 1.62. The second-order valence-corrected chi connectivity index (χ2v) is 4.62. The molecule has 1 unspecified atom stereocenters. The Kier molecular flexibility index (Phi) is 6.71. The summed E-state index contributed by atoms with van der Waals surface area (Å²) in [6.07, 6.45) is 4.88. The van der Waals surface area contributed by atoms with Gasteiger partial charge in [0.25, 0.3) is 0 Å². The second-order valence-electron chi connectivity index (χ2n) is 4.62. The molecule has 22 heavy (non-hydrogen) atoms. The van der Waals surface area contributed by atoms with Crippen molar-refractivity contribution in [2.45, 2.75) is 25.9 Å². The van der Waals surface area contributed by atoms with Crippen molar-refractivity contribution in [3.63, 3.8) is 0 Å². The Morgan fingerprint density at radius 1 is 1.36 bits per heavy atom. The molecule has 0 fully saturated rings. The first-order valence-corrected chi connectivity index (χ1v) is 6.82. The zero-order valence-electron chi connectivity index (χ0n) is 12.2. The fourth-order valence-electron chi connectivity index (χ4n) is 1.82. The lowest BCUT2D eigenvalue weighted by Gasteiger charge is -2.10. The van der Waals surface area contributed by atoms with E-state index in [-0.39, 0.29) is 19.0 Å². The van der Waals surface area contributed by atoms with Gasteiger partial charge in [-0.3, -0.25) is 4.79 Å². The van der Waals surface area contributed by atoms with Gasteiger partial charge in [0, 0.05) is 6.42 Å². The Morgan fingerprint density at radius 3 is 2.50 bits per heavy atom. The number of alkyl halides is 3. The average molecular weight is 310 g/mol. The van der Waals surface area contributed by atoms with Crippen molar-refractivity contribution in [2.75, 3.05) is 6.61 Å². The standard InChI is InChI=1S/C17H17F3O2/c1-3-6-14(16(21)22-4-2)8-5-7-13-9-11-15(12-10-13)17(18,19)20/h1,5,7,9-12,14H,4,6,8H2,2H3/b7-5+. The van der Waals surface area contributed by atoms with Crippen LogP contribution in [0.5, 0.6) is 0 Å². The van der Waals surface area contributed by atoms with Crippen LogP contribution in [0.1, 0.15) is 30.9 Å². The van der Waals surface area contributed by atoms with Crippen LogP contribution < -0.4 is 0 Å². The summed E-state index contributed by atoms with van der Waals surface area (Å²) in [7, 11) is 0. The minimum Gasteiger partial charge on any atom is -0.466 e. The van der Waals surface area contributed by atoms with E-state index in [1.165, 1.54) is 12.1 Å². The highest BCUT2D eigenvalue weighted by atomic mass is 19.4. The topological polar surface area (TPSA) is 26.3 Å². The van der Waals surface area contributed by atoms with Crippen LogP contribution in [0.15, 0.2) is 30.3 Å². The molecule has 0 aliphatic rings. The fraction of sp³-hybridized carbons (Fsp3) is 0.353. The molecule has 0 bridgehead atoms. The maximum Gasteiger partial charge on any atom is 0.416 e. The molecule has 0 saturated heterocycles. The molecule has 1 atom stereocenters. The van der Waals surface area contributed by atoms with E-state index >= 15 is 0 Å². The highest BCUT2D eigenvalue weighted by Crippen LogP contribution is 2.29. The number of halogens is 3. The van der Waals surface area contributed by atoms with E-state index in [4.69, 9.17) is 11.2 Å². The molecular weight excluding hydrogens is 293 g/mol. The smallest absolute Gasteiger partial charge is 0.416 e. The molecule has 0 aliphatic heterocycles. The van der Waals surface area contributed by atoms with E-state index in [0.717, 1.165) is 12.1 Å². The molecule has 0 N–H and O–H groups in total. The zero-order valence-corrected chi connectivity index (χ0v) is 12.2. The maximum absolute atomic E-state index is 12.4. The van der Waals surface area contributed by atoms with Crippen LogP contribution in [0.2, 0.25) is 0 Å². The van der Waals surface area contributed by atoms with E-state index in [1.54, 1.807) is 19.1 Å². The molecule has 0 saturated carbocycles. The van der Waals surface area contributed by atoms with Gasteiger partial charge in [-0.05, 0) is 31.0 Å². The predicted molar refractivity (Wildman–Crippen MR) is 78.7 cm³/mol. The summed E-state index contributed by atoms with van der Waals surface area (Å²) in [4.78, 5) is 11.7. The van der Waals surface area contributed by atoms with Crippen molar-refractivity contribution in [3.8, 4) is 12.3 Å². The van der Waals surface area contributed by atoms with E-state index in [2.05, 4.69) is 5.92 Å². The van der Waals surface area contributed by atoms with Gasteiger partial charge in [0.05, 0.1) is 18.1 Å². The summed E-state index contributed by atoms with van der Waals surface area (Å²) in [6.45, 7) is 1.99. The maximum atomic E-state index is 12.4. The molecule has 118 valence electrons. The van der Waals surface area contributed by atoms with E-state index in [0.29, 0.717) is 12.0 Å². The molecule has 0 aliphatic carbocycles. The summed E-state index contributed by atoms with van der Waals surface area (Å²) in [6, 6.07) is 4.79. The van der Waals surface area contributed by atoms with Gasteiger partial charge >= 0.3 is 12.1 Å². The number of carbonyl (C=O) groups is 1. The van der Waals surface area contributed by atoms with E-state index < -0.39 is 17.7 Å². The third-order valence-corrected chi connectivity index (χ3v) is 2.95. The first-order valence-electron chi connectivity index (χ1n) is 6.82. The zero-order chi connectivity index (χ0) is 16.6. The molecule has 0 amide bonds. The Bertz CT molecular complexity index is 551. The Balaban J connectivity index is 2.67. The van der Waals surface area contributed by atoms with Crippen LogP contribution in [0, 0.1) is 18.3 Å². The van der Waals surface area contributed by atoms with Crippen molar-refractivity contribution in [1.82, 2.24) is 0 Å². The fourth-order valence-corrected chi connectivity index (χ4v) is 1.82. The Hall–Kier alpha value is -2.22. The summed E-state index contributed by atoms with van der Waals surface area (Å²) in [5.41, 5.74) is -0.0716. The van der Waals surface area contributed by atoms with Crippen molar-refractivity contribution < 1.29 is 22.7 Å². The van der Waals surface area contributed by atoms with Gasteiger partial charge in [0.15, 0.2) is 0 Å². The van der Waals surface area contributed by atoms with E-state index in [9.17, 15) is 18.0 Å². The lowest BCUT2D eigenvalue weighted by Crippen LogP contribution is -2.16. The predicted octanol–water partition coefficient (Wildman–Crippen LogP) is 4.31. The van der Waals surface area contributed by atoms with Gasteiger partial charge in [-0.25, -0.2) is 0 Å². The van der Waals surface area contributed by atoms with Crippen LogP contribution in [0.25, 0.3) is 6.08 Å². The molecular formula is C17H17F3O2. The number of ether oxygens (including phenoxy) is 1. The number of hydrogen-bond donors (Lipinski definition) is 0. The second kappa shape index (κ2) is 8.28. The van der Waals surface area contributed by atoms with Gasteiger partial charge in [-0.2, -0.15) is 13.2 Å². The van der Waals surface area contributed by atoms with Crippen LogP contribution >= 0.6 is 0 Å². The van der Waals surface area contributed by atoms with Gasteiger partial charge in [0.1, 0.15) is 0 Å². The number of terminal acetylenes is 1. The number of allylic oxidation sites excluding steroid dienone is 1. The van der Waals surface area contributed by atoms with Crippen molar-refractivity contribution in [3.05, 3.63) is 41.5 Å². The van der Waals surface area contributed by atoms with Gasteiger partial charge < -0.3 is 4.74 Å². The van der Waals surface area contributed by atoms with Gasteiger partial charge in [0.2, 0.25) is 0 Å². The van der Waals surface area contributed by atoms with Crippen LogP contribution in [-0.2, 0) is 15.7 Å². The average Bonchev–Trinajstić information content (AvgIpc) is 2.46. The molecule has 1 aromatic rings. The molecule has 0 heterocycles. The highest BCUT2D eigenvalue weighted by Gasteiger charge is 2.29. The molecule has 5 heteroatoms. The minimum absolute atomic E-state index is 0.260. The van der Waals surface area contributed by atoms with Gasteiger partial charge in [-0.1, -0.05) is 24.3 Å². The number of carbonyl (C=O) groups excluding carboxylic acids is 1. The monoisotopic (exact) mass is 310 g/mol. The van der Waals surface area contributed by atoms with Crippen molar-refractivity contribution in [2.24, 2.45) is 5.92 Å². The summed E-state index contributed by atoms with van der Waals surface area (Å²) >= 11 is 0. The molecule has 0 radical (unpaired) electrons. The first-order chi connectivity index (χ1) is 10.4. The van der Waals surface area contributed by atoms with Crippen LogP contribution in [-0.4, -0.2) is 12.6 Å². The SMILES string of the molecule is C#CCC(C/C=C/c1ccc(C(F)(F)F)cc1)C(=O)OCC. The van der Waals surface area contributed by atoms with Crippen LogP contribution in [0.4, 0.5) is 13.2 Å². The first kappa shape index (κ1) is 17.8. The third-order valence-electron chi connectivity index (χ3n) is 2.95. The molecule has 1 aromatic carbocycles. The van der Waals surface area contributed by atoms with Crippen molar-refractivity contribution in [1.29, 1.82) is 0 Å². The largest absolute Gasteiger partial charge is 0.466 e. The summed E-state index contributed by atoms with van der Waals surface area (Å²) < 4.78 is 42.2. The molecule has 1 rings (SSSR count). The Labute approximate surface area is 128 Å². The number of esters is 1. The summed E-state index contributed by atoms with van der Waals surface area (Å²) in [5, 5.41) is 0. The normalized spacial score (nSPS) is 12.9. The molecule has 2 nitrogen and oxygen atoms in total. The highest BCUT2D eigenvalue weighted by molar-refractivity contribution is 5.73. The van der Waals surface area contributed by atoms with E-state index in [1.807, 2.05) is 0 Å². The molecule has 0 aromatic heterocycles. The number of hydrogen-bond acceptors (Lipinski definition) is 2. The number of benzene rings is 1. The third kappa shape index (κ3) is 5.65. The lowest BCUT2D eigenvalue weighted by molar-refractivity contribution is -0.147. The quantitative estimate of drug-likeness (QED) is 0.578. The Morgan fingerprint density at radius 2 is 2.00 bits per heavy atom. The molecule has 0 spiro atoms. The number of rotatable bonds is 6. The lowest BCUT2D eigenvalue weighted by atomic mass is 10.0. The van der Waals surface area contributed by atoms with Crippen molar-refractivity contribution >= 4 is 12.0 Å².